The molecule has 0 radical (unpaired) electrons. The average Bonchev–Trinajstić information content (AvgIpc) is 2.31. The van der Waals surface area contributed by atoms with Gasteiger partial charge in [-0.3, -0.25) is 4.79 Å². The Balaban J connectivity index is 2.43. The molecule has 0 aliphatic carbocycles. The van der Waals surface area contributed by atoms with Crippen LogP contribution in [0.15, 0.2) is 23.4 Å². The molecule has 0 spiro atoms. The van der Waals surface area contributed by atoms with Gasteiger partial charge in [-0.15, -0.1) is 0 Å². The molecule has 0 aliphatic rings. The van der Waals surface area contributed by atoms with Crippen molar-refractivity contribution in [2.24, 2.45) is 5.92 Å². The standard InChI is InChI=1S/C13H21N3OS/c1-9(2)6-8-15-12(17)10(3)18-13-11(14)5-4-7-16-13/h4-5,7,9-10H,6,8,14H2,1-3H3,(H,15,17). The zero-order chi connectivity index (χ0) is 13.5. The maximum absolute atomic E-state index is 11.8. The molecule has 18 heavy (non-hydrogen) atoms. The van der Waals surface area contributed by atoms with E-state index in [4.69, 9.17) is 5.73 Å². The minimum Gasteiger partial charge on any atom is -0.397 e. The summed E-state index contributed by atoms with van der Waals surface area (Å²) >= 11 is 1.39. The first kappa shape index (κ1) is 14.8. The summed E-state index contributed by atoms with van der Waals surface area (Å²) in [6, 6.07) is 3.57. The average molecular weight is 267 g/mol. The molecule has 1 aromatic heterocycles. The normalized spacial score (nSPS) is 12.4. The molecular weight excluding hydrogens is 246 g/mol. The van der Waals surface area contributed by atoms with Crippen LogP contribution in [0.1, 0.15) is 27.2 Å². The van der Waals surface area contributed by atoms with Gasteiger partial charge in [0, 0.05) is 12.7 Å². The van der Waals surface area contributed by atoms with Crippen molar-refractivity contribution in [3.63, 3.8) is 0 Å². The maximum atomic E-state index is 11.8. The van der Waals surface area contributed by atoms with Gasteiger partial charge >= 0.3 is 0 Å². The third kappa shape index (κ3) is 4.96. The van der Waals surface area contributed by atoms with Gasteiger partial charge in [0.2, 0.25) is 5.91 Å². The molecule has 0 saturated heterocycles. The van der Waals surface area contributed by atoms with Crippen LogP contribution in [0.4, 0.5) is 5.69 Å². The lowest BCUT2D eigenvalue weighted by atomic mass is 10.1. The van der Waals surface area contributed by atoms with E-state index in [1.807, 2.05) is 6.92 Å². The summed E-state index contributed by atoms with van der Waals surface area (Å²) in [6.45, 7) is 6.86. The van der Waals surface area contributed by atoms with Gasteiger partial charge in [0.1, 0.15) is 5.03 Å². The molecule has 0 aromatic carbocycles. The Kier molecular flexibility index (Phi) is 5.98. The van der Waals surface area contributed by atoms with E-state index >= 15 is 0 Å². The van der Waals surface area contributed by atoms with Crippen molar-refractivity contribution < 1.29 is 4.79 Å². The largest absolute Gasteiger partial charge is 0.397 e. The number of carbonyl (C=O) groups is 1. The van der Waals surface area contributed by atoms with Gasteiger partial charge in [0.05, 0.1) is 10.9 Å². The molecule has 4 nitrogen and oxygen atoms in total. The van der Waals surface area contributed by atoms with Crippen LogP contribution in [0.25, 0.3) is 0 Å². The minimum atomic E-state index is -0.186. The van der Waals surface area contributed by atoms with Crippen LogP contribution in [-0.2, 0) is 4.79 Å². The molecule has 1 aromatic rings. The molecule has 1 unspecified atom stereocenters. The topological polar surface area (TPSA) is 68.0 Å². The highest BCUT2D eigenvalue weighted by molar-refractivity contribution is 8.00. The van der Waals surface area contributed by atoms with Crippen LogP contribution < -0.4 is 11.1 Å². The summed E-state index contributed by atoms with van der Waals surface area (Å²) in [6.07, 6.45) is 2.68. The number of carbonyl (C=O) groups excluding carboxylic acids is 1. The zero-order valence-corrected chi connectivity index (χ0v) is 12.0. The zero-order valence-electron chi connectivity index (χ0n) is 11.1. The Morgan fingerprint density at radius 3 is 2.83 bits per heavy atom. The van der Waals surface area contributed by atoms with Crippen molar-refractivity contribution in [3.05, 3.63) is 18.3 Å². The predicted octanol–water partition coefficient (Wildman–Crippen LogP) is 2.31. The third-order valence-corrected chi connectivity index (χ3v) is 3.61. The van der Waals surface area contributed by atoms with Gasteiger partial charge in [-0.05, 0) is 31.4 Å². The second-order valence-corrected chi connectivity index (χ2v) is 5.96. The number of amides is 1. The van der Waals surface area contributed by atoms with Crippen LogP contribution in [0, 0.1) is 5.92 Å². The number of pyridine rings is 1. The highest BCUT2D eigenvalue weighted by Crippen LogP contribution is 2.25. The smallest absolute Gasteiger partial charge is 0.233 e. The van der Waals surface area contributed by atoms with Crippen LogP contribution in [0.5, 0.6) is 0 Å². The van der Waals surface area contributed by atoms with Crippen LogP contribution in [-0.4, -0.2) is 22.7 Å². The second kappa shape index (κ2) is 7.26. The molecule has 1 atom stereocenters. The predicted molar refractivity (Wildman–Crippen MR) is 76.4 cm³/mol. The Bertz CT molecular complexity index is 396. The number of hydrogen-bond acceptors (Lipinski definition) is 4. The van der Waals surface area contributed by atoms with Gasteiger partial charge in [0.25, 0.3) is 0 Å². The van der Waals surface area contributed by atoms with E-state index in [-0.39, 0.29) is 11.2 Å². The van der Waals surface area contributed by atoms with Gasteiger partial charge in [-0.25, -0.2) is 4.98 Å². The molecule has 1 amide bonds. The highest BCUT2D eigenvalue weighted by Gasteiger charge is 2.15. The number of hydrogen-bond donors (Lipinski definition) is 2. The number of aromatic nitrogens is 1. The van der Waals surface area contributed by atoms with Crippen LogP contribution in [0.2, 0.25) is 0 Å². The summed E-state index contributed by atoms with van der Waals surface area (Å²) in [7, 11) is 0. The van der Waals surface area contributed by atoms with Gasteiger partial charge in [-0.1, -0.05) is 25.6 Å². The van der Waals surface area contributed by atoms with Gasteiger partial charge in [0.15, 0.2) is 0 Å². The van der Waals surface area contributed by atoms with Crippen molar-refractivity contribution in [1.29, 1.82) is 0 Å². The Hall–Kier alpha value is -1.23. The van der Waals surface area contributed by atoms with Crippen molar-refractivity contribution >= 4 is 23.4 Å². The molecule has 0 saturated carbocycles. The van der Waals surface area contributed by atoms with E-state index in [0.717, 1.165) is 13.0 Å². The molecule has 100 valence electrons. The molecule has 0 aliphatic heterocycles. The summed E-state index contributed by atoms with van der Waals surface area (Å²) in [5, 5.41) is 3.45. The number of nitrogens with zero attached hydrogens (tertiary/aromatic N) is 1. The molecule has 3 N–H and O–H groups in total. The van der Waals surface area contributed by atoms with Crippen LogP contribution >= 0.6 is 11.8 Å². The molecule has 5 heteroatoms. The van der Waals surface area contributed by atoms with Crippen LogP contribution in [0.3, 0.4) is 0 Å². The molecule has 0 bridgehead atoms. The SMILES string of the molecule is CC(C)CCNC(=O)C(C)Sc1ncccc1N. The van der Waals surface area contributed by atoms with Crippen molar-refractivity contribution in [2.75, 3.05) is 12.3 Å². The fourth-order valence-electron chi connectivity index (χ4n) is 1.35. The third-order valence-electron chi connectivity index (χ3n) is 2.48. The Labute approximate surface area is 113 Å². The lowest BCUT2D eigenvalue weighted by Gasteiger charge is -2.13. The first-order valence-corrected chi connectivity index (χ1v) is 7.03. The molecule has 1 rings (SSSR count). The number of rotatable bonds is 6. The number of nitrogens with one attached hydrogen (secondary N) is 1. The summed E-state index contributed by atoms with van der Waals surface area (Å²) in [5.74, 6) is 0.630. The number of thioether (sulfide) groups is 1. The maximum Gasteiger partial charge on any atom is 0.233 e. The molecule has 1 heterocycles. The second-order valence-electron chi connectivity index (χ2n) is 4.63. The number of anilines is 1. The summed E-state index contributed by atoms with van der Waals surface area (Å²) in [4.78, 5) is 16.0. The Morgan fingerprint density at radius 1 is 1.50 bits per heavy atom. The molecule has 0 fully saturated rings. The van der Waals surface area contributed by atoms with Crippen molar-refractivity contribution in [3.8, 4) is 0 Å². The first-order chi connectivity index (χ1) is 8.50. The molecular formula is C13H21N3OS. The summed E-state index contributed by atoms with van der Waals surface area (Å²) < 4.78 is 0. The lowest BCUT2D eigenvalue weighted by Crippen LogP contribution is -2.32. The summed E-state index contributed by atoms with van der Waals surface area (Å²) in [5.41, 5.74) is 6.41. The monoisotopic (exact) mass is 267 g/mol. The van der Waals surface area contributed by atoms with Crippen molar-refractivity contribution in [2.45, 2.75) is 37.5 Å². The first-order valence-electron chi connectivity index (χ1n) is 6.15. The fraction of sp³-hybridized carbons (Fsp3) is 0.538. The van der Waals surface area contributed by atoms with E-state index < -0.39 is 0 Å². The highest BCUT2D eigenvalue weighted by atomic mass is 32.2. The van der Waals surface area contributed by atoms with Gasteiger partial charge in [-0.2, -0.15) is 0 Å². The van der Waals surface area contributed by atoms with E-state index in [0.29, 0.717) is 16.6 Å². The van der Waals surface area contributed by atoms with Crippen molar-refractivity contribution in [1.82, 2.24) is 10.3 Å². The minimum absolute atomic E-state index is 0.0331. The number of nitrogen functional groups attached to an aromatic ring is 1. The van der Waals surface area contributed by atoms with E-state index in [1.54, 1.807) is 18.3 Å². The van der Waals surface area contributed by atoms with E-state index in [1.165, 1.54) is 11.8 Å². The number of nitrogens with two attached hydrogens (primary N) is 1. The quantitative estimate of drug-likeness (QED) is 0.776. The van der Waals surface area contributed by atoms with E-state index in [2.05, 4.69) is 24.1 Å². The van der Waals surface area contributed by atoms with Gasteiger partial charge < -0.3 is 11.1 Å². The fourth-order valence-corrected chi connectivity index (χ4v) is 2.20. The lowest BCUT2D eigenvalue weighted by molar-refractivity contribution is -0.120. The Morgan fingerprint density at radius 2 is 2.22 bits per heavy atom. The van der Waals surface area contributed by atoms with E-state index in [9.17, 15) is 4.79 Å².